The Morgan fingerprint density at radius 3 is 1.47 bits per heavy atom. The molecule has 1 atom stereocenters. The van der Waals surface area contributed by atoms with E-state index in [0.29, 0.717) is 13.2 Å². The van der Waals surface area contributed by atoms with E-state index >= 15 is 0 Å². The first-order valence-corrected chi connectivity index (χ1v) is 11.4. The van der Waals surface area contributed by atoms with Gasteiger partial charge in [-0.1, -0.05) is 60.7 Å². The van der Waals surface area contributed by atoms with Gasteiger partial charge in [0, 0.05) is 0 Å². The van der Waals surface area contributed by atoms with E-state index in [4.69, 9.17) is 60.7 Å². The standard InChI is InChI=1S/C10H13ClO3.C10H14O3.H3O4P/c11-6-9(10(12)13)14-7-8-4-2-1-3-5-8;11-6-10(7-12)13-8-9-4-2-1-3-5-9;1-5(2,3)4/h1-5,9-10,12-13H,6-7H2;1-5,10-12H,6-8H2;(H3,1,2,3,4). The van der Waals surface area contributed by atoms with Gasteiger partial charge in [0.05, 0.1) is 32.3 Å². The van der Waals surface area contributed by atoms with Crippen molar-refractivity contribution < 1.29 is 49.1 Å². The highest BCUT2D eigenvalue weighted by atomic mass is 35.5. The third-order valence-electron chi connectivity index (χ3n) is 3.53. The summed E-state index contributed by atoms with van der Waals surface area (Å²) in [6, 6.07) is 19.1. The smallest absolute Gasteiger partial charge is 0.394 e. The van der Waals surface area contributed by atoms with Crippen molar-refractivity contribution in [1.29, 1.82) is 0 Å². The Labute approximate surface area is 191 Å². The number of rotatable bonds is 10. The fourth-order valence-corrected chi connectivity index (χ4v) is 2.19. The van der Waals surface area contributed by atoms with Gasteiger partial charge < -0.3 is 44.6 Å². The number of aliphatic hydroxyl groups excluding tert-OH is 3. The Morgan fingerprint density at radius 1 is 0.781 bits per heavy atom. The van der Waals surface area contributed by atoms with Crippen molar-refractivity contribution in [3.05, 3.63) is 71.8 Å². The lowest BCUT2D eigenvalue weighted by molar-refractivity contribution is -0.141. The number of halogens is 1. The molecule has 0 bridgehead atoms. The molecule has 0 saturated carbocycles. The molecule has 2 rings (SSSR count). The van der Waals surface area contributed by atoms with Crippen LogP contribution in [0.15, 0.2) is 60.7 Å². The molecule has 12 heteroatoms. The zero-order chi connectivity index (χ0) is 24.4. The Hall–Kier alpha value is -1.40. The first-order valence-electron chi connectivity index (χ1n) is 9.33. The van der Waals surface area contributed by atoms with Crippen molar-refractivity contribution in [3.8, 4) is 0 Å². The van der Waals surface area contributed by atoms with Gasteiger partial charge in [0.1, 0.15) is 12.2 Å². The van der Waals surface area contributed by atoms with Crippen LogP contribution in [0, 0.1) is 0 Å². The molecule has 7 N–H and O–H groups in total. The van der Waals surface area contributed by atoms with E-state index in [-0.39, 0.29) is 19.1 Å². The van der Waals surface area contributed by atoms with Gasteiger partial charge in [0.25, 0.3) is 0 Å². The summed E-state index contributed by atoms with van der Waals surface area (Å²) in [5, 5.41) is 35.1. The van der Waals surface area contributed by atoms with Crippen LogP contribution in [0.25, 0.3) is 0 Å². The number of ether oxygens (including phenoxy) is 2. The summed E-state index contributed by atoms with van der Waals surface area (Å²) in [4.78, 5) is 21.6. The predicted octanol–water partition coefficient (Wildman–Crippen LogP) is 0.749. The summed E-state index contributed by atoms with van der Waals surface area (Å²) in [5.41, 5.74) is 2.01. The monoisotopic (exact) mass is 496 g/mol. The Kier molecular flexibility index (Phi) is 17.3. The van der Waals surface area contributed by atoms with Gasteiger partial charge in [0.15, 0.2) is 6.29 Å². The van der Waals surface area contributed by atoms with E-state index in [2.05, 4.69) is 0 Å². The second kappa shape index (κ2) is 18.1. The van der Waals surface area contributed by atoms with Crippen LogP contribution in [0.5, 0.6) is 0 Å². The van der Waals surface area contributed by atoms with Crippen LogP contribution in [-0.2, 0) is 27.3 Å². The number of hydrogen-bond acceptors (Lipinski definition) is 7. The second-order valence-electron chi connectivity index (χ2n) is 6.20. The van der Waals surface area contributed by atoms with Gasteiger partial charge in [-0.15, -0.1) is 11.6 Å². The van der Waals surface area contributed by atoms with Gasteiger partial charge in [-0.05, 0) is 11.1 Å². The lowest BCUT2D eigenvalue weighted by atomic mass is 10.2. The van der Waals surface area contributed by atoms with E-state index < -0.39 is 26.3 Å². The summed E-state index contributed by atoms with van der Waals surface area (Å²) in [6.07, 6.45) is -2.74. The molecule has 0 aliphatic heterocycles. The molecule has 0 aliphatic rings. The summed E-state index contributed by atoms with van der Waals surface area (Å²) in [7, 11) is -4.64. The molecule has 0 radical (unpaired) electrons. The fraction of sp³-hybridized carbons (Fsp3) is 0.400. The first kappa shape index (κ1) is 30.6. The number of hydrogen-bond donors (Lipinski definition) is 7. The van der Waals surface area contributed by atoms with E-state index in [1.165, 1.54) is 0 Å². The van der Waals surface area contributed by atoms with E-state index in [0.717, 1.165) is 11.1 Å². The van der Waals surface area contributed by atoms with E-state index in [9.17, 15) is 0 Å². The van der Waals surface area contributed by atoms with Gasteiger partial charge in [-0.3, -0.25) is 0 Å². The summed E-state index contributed by atoms with van der Waals surface area (Å²) >= 11 is 5.48. The number of benzene rings is 2. The zero-order valence-corrected chi connectivity index (χ0v) is 18.9. The largest absolute Gasteiger partial charge is 0.466 e. The predicted molar refractivity (Wildman–Crippen MR) is 117 cm³/mol. The van der Waals surface area contributed by atoms with Crippen LogP contribution in [0.2, 0.25) is 0 Å². The van der Waals surface area contributed by atoms with E-state index in [1.54, 1.807) is 0 Å². The normalized spacial score (nSPS) is 11.9. The molecule has 0 fully saturated rings. The lowest BCUT2D eigenvalue weighted by Crippen LogP contribution is -2.30. The molecular weight excluding hydrogens is 467 g/mol. The average Bonchev–Trinajstić information content (AvgIpc) is 2.75. The quantitative estimate of drug-likeness (QED) is 0.141. The molecule has 0 spiro atoms. The zero-order valence-electron chi connectivity index (χ0n) is 17.2. The third-order valence-corrected chi connectivity index (χ3v) is 3.83. The van der Waals surface area contributed by atoms with Gasteiger partial charge >= 0.3 is 7.82 Å². The maximum absolute atomic E-state index is 8.88. The molecule has 182 valence electrons. The van der Waals surface area contributed by atoms with Crippen LogP contribution < -0.4 is 0 Å². The molecule has 1 unspecified atom stereocenters. The highest BCUT2D eigenvalue weighted by Gasteiger charge is 2.15. The van der Waals surface area contributed by atoms with Gasteiger partial charge in [0.2, 0.25) is 0 Å². The molecule has 0 amide bonds. The van der Waals surface area contributed by atoms with Crippen LogP contribution in [0.1, 0.15) is 11.1 Å². The minimum absolute atomic E-state index is 0.0600. The lowest BCUT2D eigenvalue weighted by Gasteiger charge is -2.16. The summed E-state index contributed by atoms with van der Waals surface area (Å²) < 4.78 is 19.3. The van der Waals surface area contributed by atoms with Crippen molar-refractivity contribution in [2.24, 2.45) is 0 Å². The first-order chi connectivity index (χ1) is 15.1. The molecule has 0 aromatic heterocycles. The Morgan fingerprint density at radius 2 is 1.16 bits per heavy atom. The molecule has 0 aliphatic carbocycles. The highest BCUT2D eigenvalue weighted by Crippen LogP contribution is 2.25. The molecule has 32 heavy (non-hydrogen) atoms. The third kappa shape index (κ3) is 18.2. The average molecular weight is 497 g/mol. The summed E-state index contributed by atoms with van der Waals surface area (Å²) in [6.45, 7) is 0.454. The maximum atomic E-state index is 8.88. The van der Waals surface area contributed by atoms with Crippen molar-refractivity contribution in [1.82, 2.24) is 0 Å². The van der Waals surface area contributed by atoms with Gasteiger partial charge in [-0.2, -0.15) is 0 Å². The van der Waals surface area contributed by atoms with Crippen LogP contribution in [0.4, 0.5) is 0 Å². The molecule has 10 nitrogen and oxygen atoms in total. The Bertz CT molecular complexity index is 717. The number of aliphatic hydroxyl groups is 4. The molecule has 0 saturated heterocycles. The molecule has 2 aromatic carbocycles. The van der Waals surface area contributed by atoms with Crippen LogP contribution in [0.3, 0.4) is 0 Å². The maximum Gasteiger partial charge on any atom is 0.466 e. The SMILES string of the molecule is O=P(O)(O)O.OC(O)C(CCl)OCc1ccccc1.OCC(CO)OCc1ccccc1. The second-order valence-corrected chi connectivity index (χ2v) is 7.54. The van der Waals surface area contributed by atoms with Crippen LogP contribution >= 0.6 is 19.4 Å². The molecule has 2 aromatic rings. The minimum Gasteiger partial charge on any atom is -0.394 e. The molecule has 0 heterocycles. The van der Waals surface area contributed by atoms with Crippen molar-refractivity contribution in [2.75, 3.05) is 19.1 Å². The highest BCUT2D eigenvalue weighted by molar-refractivity contribution is 7.45. The summed E-state index contributed by atoms with van der Waals surface area (Å²) in [5.74, 6) is 0.0600. The van der Waals surface area contributed by atoms with Gasteiger partial charge in [-0.25, -0.2) is 4.57 Å². The van der Waals surface area contributed by atoms with E-state index in [1.807, 2.05) is 60.7 Å². The number of alkyl halides is 1. The Balaban J connectivity index is 0.000000499. The topological polar surface area (TPSA) is 177 Å². The number of phosphoric acid groups is 1. The van der Waals surface area contributed by atoms with Crippen LogP contribution in [-0.4, -0.2) is 72.7 Å². The van der Waals surface area contributed by atoms with Crippen molar-refractivity contribution in [2.45, 2.75) is 31.7 Å². The van der Waals surface area contributed by atoms with Crippen molar-refractivity contribution in [3.63, 3.8) is 0 Å². The molecular formula is C20H30ClO10P. The van der Waals surface area contributed by atoms with Crippen molar-refractivity contribution >= 4 is 19.4 Å². The minimum atomic E-state index is -4.64. The fourth-order valence-electron chi connectivity index (χ4n) is 1.94.